The molecule has 1 unspecified atom stereocenters. The summed E-state index contributed by atoms with van der Waals surface area (Å²) < 4.78 is 4.55. The van der Waals surface area contributed by atoms with E-state index >= 15 is 0 Å². The van der Waals surface area contributed by atoms with Crippen molar-refractivity contribution in [3.63, 3.8) is 0 Å². The Hall–Kier alpha value is -1.89. The van der Waals surface area contributed by atoms with Gasteiger partial charge in [0.25, 0.3) is 5.91 Å². The standard InChI is InChI=1S/C13H14N4O2S/c14-12-10(15-19-16-12)13(18)17-5-3-9-8(4-6-20-9)11(17)7-1-2-7/h4,6-7,11H,1-3,5H2,(H2,14,16). The van der Waals surface area contributed by atoms with Crippen LogP contribution in [0.3, 0.4) is 0 Å². The normalized spacial score (nSPS) is 21.8. The first-order valence-corrected chi connectivity index (χ1v) is 7.59. The van der Waals surface area contributed by atoms with Crippen molar-refractivity contribution >= 4 is 23.1 Å². The van der Waals surface area contributed by atoms with Gasteiger partial charge in [-0.2, -0.15) is 0 Å². The molecule has 1 fully saturated rings. The second-order valence-electron chi connectivity index (χ2n) is 5.33. The van der Waals surface area contributed by atoms with Gasteiger partial charge in [0.05, 0.1) is 6.04 Å². The smallest absolute Gasteiger partial charge is 0.280 e. The minimum atomic E-state index is -0.169. The van der Waals surface area contributed by atoms with E-state index in [1.54, 1.807) is 11.3 Å². The molecule has 0 aromatic carbocycles. The molecule has 0 radical (unpaired) electrons. The van der Waals surface area contributed by atoms with E-state index in [1.807, 2.05) is 4.90 Å². The topological polar surface area (TPSA) is 85.2 Å². The van der Waals surface area contributed by atoms with Gasteiger partial charge in [0.2, 0.25) is 11.5 Å². The quantitative estimate of drug-likeness (QED) is 0.912. The molecular formula is C13H14N4O2S. The number of aromatic nitrogens is 2. The van der Waals surface area contributed by atoms with E-state index in [4.69, 9.17) is 5.73 Å². The molecule has 1 saturated carbocycles. The Kier molecular flexibility index (Phi) is 2.56. The number of hydrogen-bond donors (Lipinski definition) is 1. The number of nitrogen functional groups attached to an aromatic ring is 1. The second-order valence-corrected chi connectivity index (χ2v) is 6.33. The van der Waals surface area contributed by atoms with Gasteiger partial charge in [-0.25, -0.2) is 4.63 Å². The molecule has 2 N–H and O–H groups in total. The first-order chi connectivity index (χ1) is 9.75. The lowest BCUT2D eigenvalue weighted by Crippen LogP contribution is -2.40. The molecule has 20 heavy (non-hydrogen) atoms. The highest BCUT2D eigenvalue weighted by molar-refractivity contribution is 7.10. The zero-order valence-corrected chi connectivity index (χ0v) is 11.6. The monoisotopic (exact) mass is 290 g/mol. The van der Waals surface area contributed by atoms with E-state index in [9.17, 15) is 4.79 Å². The van der Waals surface area contributed by atoms with Crippen LogP contribution in [0.1, 0.15) is 39.8 Å². The van der Waals surface area contributed by atoms with Gasteiger partial charge in [-0.1, -0.05) is 0 Å². The maximum absolute atomic E-state index is 12.6. The van der Waals surface area contributed by atoms with E-state index in [1.165, 1.54) is 23.3 Å². The van der Waals surface area contributed by atoms with E-state index in [-0.39, 0.29) is 23.5 Å². The third-order valence-corrected chi connectivity index (χ3v) is 5.06. The Balaban J connectivity index is 1.71. The number of carbonyl (C=O) groups excluding carboxylic acids is 1. The summed E-state index contributed by atoms with van der Waals surface area (Å²) in [5.41, 5.74) is 7.08. The minimum Gasteiger partial charge on any atom is -0.379 e. The fourth-order valence-corrected chi connectivity index (χ4v) is 3.89. The summed E-state index contributed by atoms with van der Waals surface area (Å²) >= 11 is 1.78. The van der Waals surface area contributed by atoms with Crippen LogP contribution in [-0.4, -0.2) is 27.7 Å². The van der Waals surface area contributed by atoms with Gasteiger partial charge < -0.3 is 10.6 Å². The van der Waals surface area contributed by atoms with Gasteiger partial charge >= 0.3 is 0 Å². The molecule has 0 spiro atoms. The zero-order chi connectivity index (χ0) is 13.7. The Morgan fingerprint density at radius 2 is 2.30 bits per heavy atom. The van der Waals surface area contributed by atoms with E-state index in [2.05, 4.69) is 26.4 Å². The molecule has 0 bridgehead atoms. The predicted octanol–water partition coefficient (Wildman–Crippen LogP) is 1.86. The molecule has 3 heterocycles. The van der Waals surface area contributed by atoms with Crippen LogP contribution < -0.4 is 5.73 Å². The largest absolute Gasteiger partial charge is 0.379 e. The number of anilines is 1. The summed E-state index contributed by atoms with van der Waals surface area (Å²) in [6.07, 6.45) is 3.25. The van der Waals surface area contributed by atoms with Crippen LogP contribution >= 0.6 is 11.3 Å². The van der Waals surface area contributed by atoms with E-state index < -0.39 is 0 Å². The third kappa shape index (κ3) is 1.73. The summed E-state index contributed by atoms with van der Waals surface area (Å²) in [6, 6.07) is 2.31. The molecular weight excluding hydrogens is 276 g/mol. The number of nitrogens with zero attached hydrogens (tertiary/aromatic N) is 3. The van der Waals surface area contributed by atoms with Gasteiger partial charge in [-0.15, -0.1) is 11.3 Å². The van der Waals surface area contributed by atoms with Crippen molar-refractivity contribution < 1.29 is 9.42 Å². The van der Waals surface area contributed by atoms with E-state index in [0.29, 0.717) is 12.5 Å². The van der Waals surface area contributed by atoms with Crippen molar-refractivity contribution in [2.45, 2.75) is 25.3 Å². The van der Waals surface area contributed by atoms with Crippen molar-refractivity contribution in [1.82, 2.24) is 15.2 Å². The third-order valence-electron chi connectivity index (χ3n) is 4.06. The number of thiophene rings is 1. The number of nitrogens with two attached hydrogens (primary N) is 1. The maximum Gasteiger partial charge on any atom is 0.280 e. The number of carbonyl (C=O) groups is 1. The zero-order valence-electron chi connectivity index (χ0n) is 10.8. The molecule has 6 nitrogen and oxygen atoms in total. The number of rotatable bonds is 2. The average Bonchev–Trinajstić information content (AvgIpc) is 3.01. The fraction of sp³-hybridized carbons (Fsp3) is 0.462. The summed E-state index contributed by atoms with van der Waals surface area (Å²) in [5, 5.41) is 9.26. The van der Waals surface area contributed by atoms with Crippen molar-refractivity contribution in [2.75, 3.05) is 12.3 Å². The molecule has 1 aliphatic heterocycles. The summed E-state index contributed by atoms with van der Waals surface area (Å²) in [6.45, 7) is 0.708. The number of hydrogen-bond acceptors (Lipinski definition) is 6. The molecule has 104 valence electrons. The Morgan fingerprint density at radius 1 is 1.45 bits per heavy atom. The van der Waals surface area contributed by atoms with Gasteiger partial charge in [-0.05, 0) is 52.5 Å². The molecule has 4 rings (SSSR count). The highest BCUT2D eigenvalue weighted by Crippen LogP contribution is 2.48. The second kappa shape index (κ2) is 4.31. The minimum absolute atomic E-state index is 0.0701. The number of fused-ring (bicyclic) bond motifs is 1. The van der Waals surface area contributed by atoms with Crippen LogP contribution in [0.5, 0.6) is 0 Å². The fourth-order valence-electron chi connectivity index (χ4n) is 2.97. The number of amides is 1. The van der Waals surface area contributed by atoms with Crippen LogP contribution in [0.15, 0.2) is 16.1 Å². The van der Waals surface area contributed by atoms with Crippen molar-refractivity contribution in [3.05, 3.63) is 27.6 Å². The molecule has 7 heteroatoms. The summed E-state index contributed by atoms with van der Waals surface area (Å²) in [7, 11) is 0. The first kappa shape index (κ1) is 11.9. The Labute approximate surface area is 119 Å². The summed E-state index contributed by atoms with van der Waals surface area (Å²) in [5.74, 6) is 0.465. The first-order valence-electron chi connectivity index (χ1n) is 6.71. The Bertz CT molecular complexity index is 661. The van der Waals surface area contributed by atoms with Crippen LogP contribution in [0, 0.1) is 5.92 Å². The molecule has 1 amide bonds. The molecule has 2 aromatic rings. The highest BCUT2D eigenvalue weighted by atomic mass is 32.1. The van der Waals surface area contributed by atoms with Crippen LogP contribution in [0.25, 0.3) is 0 Å². The van der Waals surface area contributed by atoms with Crippen molar-refractivity contribution in [3.8, 4) is 0 Å². The molecule has 1 aliphatic carbocycles. The molecule has 2 aromatic heterocycles. The van der Waals surface area contributed by atoms with Gasteiger partial charge in [0.1, 0.15) is 0 Å². The van der Waals surface area contributed by atoms with Crippen molar-refractivity contribution in [2.24, 2.45) is 5.92 Å². The van der Waals surface area contributed by atoms with Crippen LogP contribution in [0.4, 0.5) is 5.82 Å². The lowest BCUT2D eigenvalue weighted by atomic mass is 9.95. The van der Waals surface area contributed by atoms with E-state index in [0.717, 1.165) is 6.42 Å². The molecule has 0 saturated heterocycles. The average molecular weight is 290 g/mol. The van der Waals surface area contributed by atoms with Gasteiger partial charge in [0, 0.05) is 11.4 Å². The lowest BCUT2D eigenvalue weighted by Gasteiger charge is -2.35. The summed E-state index contributed by atoms with van der Waals surface area (Å²) in [4.78, 5) is 15.9. The Morgan fingerprint density at radius 3 is 3.00 bits per heavy atom. The highest BCUT2D eigenvalue weighted by Gasteiger charge is 2.43. The predicted molar refractivity (Wildman–Crippen MR) is 73.2 cm³/mol. The molecule has 2 aliphatic rings. The van der Waals surface area contributed by atoms with Crippen molar-refractivity contribution in [1.29, 1.82) is 0 Å². The SMILES string of the molecule is Nc1nonc1C(=O)N1CCc2sccc2C1C1CC1. The lowest BCUT2D eigenvalue weighted by molar-refractivity contribution is 0.0626. The van der Waals surface area contributed by atoms with Crippen LogP contribution in [0.2, 0.25) is 0 Å². The molecule has 1 atom stereocenters. The van der Waals surface area contributed by atoms with Gasteiger partial charge in [-0.3, -0.25) is 4.79 Å². The maximum atomic E-state index is 12.6. The van der Waals surface area contributed by atoms with Crippen LogP contribution in [-0.2, 0) is 6.42 Å². The van der Waals surface area contributed by atoms with Gasteiger partial charge in [0.15, 0.2) is 0 Å².